The molecule has 0 radical (unpaired) electrons. The van der Waals surface area contributed by atoms with Gasteiger partial charge in [-0.1, -0.05) is 33.6 Å². The molecule has 0 saturated carbocycles. The minimum atomic E-state index is 0.00433. The summed E-state index contributed by atoms with van der Waals surface area (Å²) >= 11 is 0. The van der Waals surface area contributed by atoms with Crippen LogP contribution in [0.2, 0.25) is 0 Å². The monoisotopic (exact) mass is 278 g/mol. The normalized spacial score (nSPS) is 10.8. The van der Waals surface area contributed by atoms with E-state index in [0.717, 1.165) is 25.7 Å². The predicted molar refractivity (Wildman–Crippen MR) is 81.5 cm³/mol. The van der Waals surface area contributed by atoms with Crippen molar-refractivity contribution in [1.82, 2.24) is 0 Å². The zero-order valence-corrected chi connectivity index (χ0v) is 12.8. The molecule has 1 rings (SSSR count). The zero-order chi connectivity index (χ0) is 15.0. The molecular weight excluding hydrogens is 252 g/mol. The molecule has 0 aliphatic carbocycles. The van der Waals surface area contributed by atoms with Gasteiger partial charge in [-0.15, -0.1) is 0 Å². The number of unbranched alkanes of at least 4 members (excludes halogenated alkanes) is 2. The number of hydrogen-bond acceptors (Lipinski definition) is 3. The Morgan fingerprint density at radius 1 is 1.30 bits per heavy atom. The van der Waals surface area contributed by atoms with E-state index in [-0.39, 0.29) is 11.5 Å². The molecule has 0 saturated heterocycles. The van der Waals surface area contributed by atoms with Gasteiger partial charge in [-0.05, 0) is 30.9 Å². The summed E-state index contributed by atoms with van der Waals surface area (Å²) in [5.74, 6) is 1.23. The van der Waals surface area contributed by atoms with Crippen LogP contribution in [0.5, 0.6) is 11.5 Å². The summed E-state index contributed by atoms with van der Waals surface area (Å²) in [6.07, 6.45) is 4.47. The quantitative estimate of drug-likeness (QED) is 0.531. The number of hydrogen-bond donors (Lipinski definition) is 1. The van der Waals surface area contributed by atoms with Crippen LogP contribution < -0.4 is 4.74 Å². The Kier molecular flexibility index (Phi) is 7.13. The predicted octanol–water partition coefficient (Wildman–Crippen LogP) is 4.58. The van der Waals surface area contributed by atoms with Crippen molar-refractivity contribution in [1.29, 1.82) is 0 Å². The van der Waals surface area contributed by atoms with E-state index < -0.39 is 0 Å². The number of Topliss-reactive ketones (excluding diaryl/α,β-unsaturated/α-hetero) is 1. The van der Waals surface area contributed by atoms with E-state index in [0.29, 0.717) is 30.3 Å². The van der Waals surface area contributed by atoms with Crippen LogP contribution in [0.15, 0.2) is 18.2 Å². The Bertz CT molecular complexity index is 424. The Labute approximate surface area is 122 Å². The first-order chi connectivity index (χ1) is 9.54. The van der Waals surface area contributed by atoms with Crippen LogP contribution in [0, 0.1) is 5.92 Å². The highest BCUT2D eigenvalue weighted by atomic mass is 16.5. The number of aromatic hydroxyl groups is 1. The molecule has 3 nitrogen and oxygen atoms in total. The van der Waals surface area contributed by atoms with Crippen LogP contribution in [0.1, 0.15) is 63.2 Å². The van der Waals surface area contributed by atoms with E-state index >= 15 is 0 Å². The van der Waals surface area contributed by atoms with Crippen molar-refractivity contribution in [2.24, 2.45) is 5.92 Å². The van der Waals surface area contributed by atoms with Gasteiger partial charge in [0.05, 0.1) is 12.2 Å². The average Bonchev–Trinajstić information content (AvgIpc) is 2.38. The second-order valence-corrected chi connectivity index (χ2v) is 5.59. The van der Waals surface area contributed by atoms with Crippen molar-refractivity contribution in [3.63, 3.8) is 0 Å². The van der Waals surface area contributed by atoms with Crippen LogP contribution in [0.4, 0.5) is 0 Å². The molecule has 0 spiro atoms. The summed E-state index contributed by atoms with van der Waals surface area (Å²) in [4.78, 5) is 12.0. The third-order valence-electron chi connectivity index (χ3n) is 3.24. The van der Waals surface area contributed by atoms with Crippen molar-refractivity contribution in [2.45, 2.75) is 52.9 Å². The highest BCUT2D eigenvalue weighted by Crippen LogP contribution is 2.25. The fraction of sp³-hybridized carbons (Fsp3) is 0.588. The van der Waals surface area contributed by atoms with Gasteiger partial charge in [0.15, 0.2) is 5.78 Å². The molecule has 0 unspecified atom stereocenters. The minimum absolute atomic E-state index is 0.00433. The van der Waals surface area contributed by atoms with Gasteiger partial charge in [-0.25, -0.2) is 0 Å². The van der Waals surface area contributed by atoms with E-state index in [1.54, 1.807) is 12.1 Å². The molecule has 112 valence electrons. The summed E-state index contributed by atoms with van der Waals surface area (Å²) in [5.41, 5.74) is 0.400. The molecule has 3 heteroatoms. The lowest BCUT2D eigenvalue weighted by molar-refractivity contribution is 0.0976. The van der Waals surface area contributed by atoms with Gasteiger partial charge in [0, 0.05) is 12.5 Å². The van der Waals surface area contributed by atoms with E-state index in [2.05, 4.69) is 20.8 Å². The standard InChI is InChI=1S/C17H26O3/c1-4-5-6-7-16(18)15-9-8-14(12-17(15)19)20-11-10-13(2)3/h8-9,12-13,19H,4-7,10-11H2,1-3H3. The zero-order valence-electron chi connectivity index (χ0n) is 12.8. The molecule has 1 N–H and O–H groups in total. The van der Waals surface area contributed by atoms with E-state index in [4.69, 9.17) is 4.74 Å². The summed E-state index contributed by atoms with van der Waals surface area (Å²) in [7, 11) is 0. The maximum Gasteiger partial charge on any atom is 0.166 e. The highest BCUT2D eigenvalue weighted by molar-refractivity contribution is 5.98. The lowest BCUT2D eigenvalue weighted by Gasteiger charge is -2.10. The first-order valence-corrected chi connectivity index (χ1v) is 7.53. The Balaban J connectivity index is 2.56. The lowest BCUT2D eigenvalue weighted by Crippen LogP contribution is -2.03. The van der Waals surface area contributed by atoms with Crippen molar-refractivity contribution in [2.75, 3.05) is 6.61 Å². The van der Waals surface area contributed by atoms with Gasteiger partial charge in [-0.2, -0.15) is 0 Å². The Hall–Kier alpha value is -1.51. The number of ether oxygens (including phenoxy) is 1. The van der Waals surface area contributed by atoms with Crippen molar-refractivity contribution in [3.05, 3.63) is 23.8 Å². The summed E-state index contributed by atoms with van der Waals surface area (Å²) in [6, 6.07) is 4.95. The fourth-order valence-electron chi connectivity index (χ4n) is 1.92. The van der Waals surface area contributed by atoms with Crippen molar-refractivity contribution >= 4 is 5.78 Å². The number of carbonyl (C=O) groups is 1. The van der Waals surface area contributed by atoms with Crippen LogP contribution in [0.25, 0.3) is 0 Å². The third-order valence-corrected chi connectivity index (χ3v) is 3.24. The van der Waals surface area contributed by atoms with Gasteiger partial charge in [0.25, 0.3) is 0 Å². The van der Waals surface area contributed by atoms with Gasteiger partial charge in [-0.3, -0.25) is 4.79 Å². The number of benzene rings is 1. The average molecular weight is 278 g/mol. The number of phenolic OH excluding ortho intramolecular Hbond substituents is 1. The second kappa shape index (κ2) is 8.62. The number of ketones is 1. The first-order valence-electron chi connectivity index (χ1n) is 7.53. The van der Waals surface area contributed by atoms with Gasteiger partial charge in [0.2, 0.25) is 0 Å². The maximum atomic E-state index is 12.0. The van der Waals surface area contributed by atoms with Gasteiger partial charge >= 0.3 is 0 Å². The smallest absolute Gasteiger partial charge is 0.166 e. The third kappa shape index (κ3) is 5.64. The Morgan fingerprint density at radius 3 is 2.65 bits per heavy atom. The van der Waals surface area contributed by atoms with E-state index in [1.165, 1.54) is 6.07 Å². The van der Waals surface area contributed by atoms with E-state index in [1.807, 2.05) is 0 Å². The molecule has 0 aliphatic heterocycles. The molecule has 0 heterocycles. The fourth-order valence-corrected chi connectivity index (χ4v) is 1.92. The molecular formula is C17H26O3. The molecule has 20 heavy (non-hydrogen) atoms. The topological polar surface area (TPSA) is 46.5 Å². The minimum Gasteiger partial charge on any atom is -0.507 e. The van der Waals surface area contributed by atoms with Gasteiger partial charge < -0.3 is 9.84 Å². The van der Waals surface area contributed by atoms with Crippen LogP contribution >= 0.6 is 0 Å². The second-order valence-electron chi connectivity index (χ2n) is 5.59. The largest absolute Gasteiger partial charge is 0.507 e. The number of carbonyl (C=O) groups excluding carboxylic acids is 1. The number of rotatable bonds is 9. The number of phenols is 1. The Morgan fingerprint density at radius 2 is 2.05 bits per heavy atom. The van der Waals surface area contributed by atoms with Gasteiger partial charge in [0.1, 0.15) is 11.5 Å². The summed E-state index contributed by atoms with van der Waals surface area (Å²) in [6.45, 7) is 7.00. The molecule has 0 aromatic heterocycles. The lowest BCUT2D eigenvalue weighted by atomic mass is 10.0. The van der Waals surface area contributed by atoms with Crippen LogP contribution in [-0.4, -0.2) is 17.5 Å². The first kappa shape index (κ1) is 16.5. The molecule has 0 bridgehead atoms. The van der Waals surface area contributed by atoms with E-state index in [9.17, 15) is 9.90 Å². The van der Waals surface area contributed by atoms with Crippen molar-refractivity contribution < 1.29 is 14.6 Å². The molecule has 0 amide bonds. The molecule has 0 fully saturated rings. The highest BCUT2D eigenvalue weighted by Gasteiger charge is 2.11. The molecule has 0 aliphatic rings. The van der Waals surface area contributed by atoms with Crippen LogP contribution in [-0.2, 0) is 0 Å². The molecule has 1 aromatic rings. The molecule has 1 aromatic carbocycles. The summed E-state index contributed by atoms with van der Waals surface area (Å²) in [5, 5.41) is 9.93. The van der Waals surface area contributed by atoms with Crippen LogP contribution in [0.3, 0.4) is 0 Å². The molecule has 0 atom stereocenters. The summed E-state index contributed by atoms with van der Waals surface area (Å²) < 4.78 is 5.56. The maximum absolute atomic E-state index is 12.0. The van der Waals surface area contributed by atoms with Crippen molar-refractivity contribution in [3.8, 4) is 11.5 Å². The SMILES string of the molecule is CCCCCC(=O)c1ccc(OCCC(C)C)cc1O.